The number of hydrogen-bond donors (Lipinski definition) is 2. The van der Waals surface area contributed by atoms with Crippen molar-refractivity contribution in [2.75, 3.05) is 12.4 Å². The van der Waals surface area contributed by atoms with Gasteiger partial charge < -0.3 is 14.9 Å². The predicted molar refractivity (Wildman–Crippen MR) is 85.2 cm³/mol. The molecule has 0 amide bonds. The second-order valence-electron chi connectivity index (χ2n) is 6.33. The normalized spacial score (nSPS) is 30.1. The lowest BCUT2D eigenvalue weighted by Crippen LogP contribution is -2.38. The fourth-order valence-corrected chi connectivity index (χ4v) is 4.71. The van der Waals surface area contributed by atoms with E-state index in [0.717, 1.165) is 11.0 Å². The zero-order valence-electron chi connectivity index (χ0n) is 12.9. The van der Waals surface area contributed by atoms with E-state index in [0.29, 0.717) is 25.9 Å². The van der Waals surface area contributed by atoms with E-state index in [1.54, 1.807) is 0 Å². The van der Waals surface area contributed by atoms with Crippen LogP contribution in [0.15, 0.2) is 0 Å². The Morgan fingerprint density at radius 3 is 2.27 bits per heavy atom. The molecule has 0 aromatic carbocycles. The molecular weight excluding hydrogens is 304 g/mol. The van der Waals surface area contributed by atoms with Crippen molar-refractivity contribution in [3.63, 3.8) is 0 Å². The standard InChI is InChI=1S/C16H26O5S/c17-15(18)13-7-6-11(10-14(13)16(19)20)21-8-9-22-12-4-2-1-3-5-12/h11-14H,1-10H2,(H,17,18)(H,19,20). The molecule has 2 aliphatic carbocycles. The van der Waals surface area contributed by atoms with Gasteiger partial charge in [-0.2, -0.15) is 11.8 Å². The Hall–Kier alpha value is -0.750. The van der Waals surface area contributed by atoms with Crippen molar-refractivity contribution in [1.29, 1.82) is 0 Å². The lowest BCUT2D eigenvalue weighted by molar-refractivity contribution is -0.158. The third-order valence-corrected chi connectivity index (χ3v) is 6.12. The molecule has 22 heavy (non-hydrogen) atoms. The molecule has 2 N–H and O–H groups in total. The highest BCUT2D eigenvalue weighted by Crippen LogP contribution is 2.33. The van der Waals surface area contributed by atoms with Crippen LogP contribution in [0.2, 0.25) is 0 Å². The summed E-state index contributed by atoms with van der Waals surface area (Å²) < 4.78 is 5.81. The summed E-state index contributed by atoms with van der Waals surface area (Å²) >= 11 is 1.96. The highest BCUT2D eigenvalue weighted by Gasteiger charge is 2.39. The average molecular weight is 330 g/mol. The van der Waals surface area contributed by atoms with Gasteiger partial charge in [-0.1, -0.05) is 19.3 Å². The van der Waals surface area contributed by atoms with Crippen LogP contribution >= 0.6 is 11.8 Å². The van der Waals surface area contributed by atoms with Gasteiger partial charge in [-0.15, -0.1) is 0 Å². The lowest BCUT2D eigenvalue weighted by atomic mass is 9.78. The number of ether oxygens (including phenoxy) is 1. The quantitative estimate of drug-likeness (QED) is 0.698. The van der Waals surface area contributed by atoms with E-state index < -0.39 is 23.8 Å². The summed E-state index contributed by atoms with van der Waals surface area (Å²) in [6.07, 6.45) is 7.88. The molecule has 5 nitrogen and oxygen atoms in total. The molecule has 2 fully saturated rings. The third-order valence-electron chi connectivity index (χ3n) is 4.78. The molecule has 2 aliphatic rings. The number of thioether (sulfide) groups is 1. The Morgan fingerprint density at radius 1 is 0.955 bits per heavy atom. The number of hydrogen-bond acceptors (Lipinski definition) is 4. The van der Waals surface area contributed by atoms with E-state index >= 15 is 0 Å². The summed E-state index contributed by atoms with van der Waals surface area (Å²) in [4.78, 5) is 22.3. The van der Waals surface area contributed by atoms with Crippen LogP contribution in [0.1, 0.15) is 51.4 Å². The van der Waals surface area contributed by atoms with Crippen molar-refractivity contribution >= 4 is 23.7 Å². The van der Waals surface area contributed by atoms with Gasteiger partial charge in [0.2, 0.25) is 0 Å². The summed E-state index contributed by atoms with van der Waals surface area (Å²) in [6, 6.07) is 0. The molecule has 0 heterocycles. The molecule has 0 bridgehead atoms. The van der Waals surface area contributed by atoms with Gasteiger partial charge in [0.1, 0.15) is 0 Å². The Kier molecular flexibility index (Phi) is 7.02. The van der Waals surface area contributed by atoms with E-state index in [4.69, 9.17) is 9.84 Å². The lowest BCUT2D eigenvalue weighted by Gasteiger charge is -2.31. The Balaban J connectivity index is 1.67. The highest BCUT2D eigenvalue weighted by atomic mass is 32.2. The molecule has 2 saturated carbocycles. The molecule has 0 spiro atoms. The van der Waals surface area contributed by atoms with Gasteiger partial charge in [-0.25, -0.2) is 0 Å². The van der Waals surface area contributed by atoms with Crippen LogP contribution < -0.4 is 0 Å². The largest absolute Gasteiger partial charge is 0.481 e. The number of carbonyl (C=O) groups is 2. The first kappa shape index (κ1) is 17.6. The monoisotopic (exact) mass is 330 g/mol. The summed E-state index contributed by atoms with van der Waals surface area (Å²) in [5.41, 5.74) is 0. The van der Waals surface area contributed by atoms with Crippen molar-refractivity contribution in [1.82, 2.24) is 0 Å². The zero-order valence-corrected chi connectivity index (χ0v) is 13.7. The molecular formula is C16H26O5S. The minimum Gasteiger partial charge on any atom is -0.481 e. The maximum atomic E-state index is 11.2. The van der Waals surface area contributed by atoms with Crippen molar-refractivity contribution in [3.8, 4) is 0 Å². The van der Waals surface area contributed by atoms with Crippen molar-refractivity contribution < 1.29 is 24.5 Å². The van der Waals surface area contributed by atoms with Crippen LogP contribution in [0.5, 0.6) is 0 Å². The van der Waals surface area contributed by atoms with E-state index in [1.807, 2.05) is 11.8 Å². The molecule has 0 radical (unpaired) electrons. The number of carboxylic acid groups (broad SMARTS) is 2. The fourth-order valence-electron chi connectivity index (χ4n) is 3.51. The second kappa shape index (κ2) is 8.77. The third kappa shape index (κ3) is 5.16. The van der Waals surface area contributed by atoms with E-state index in [-0.39, 0.29) is 6.10 Å². The number of carboxylic acids is 2. The van der Waals surface area contributed by atoms with Crippen LogP contribution in [-0.4, -0.2) is 45.9 Å². The minimum absolute atomic E-state index is 0.108. The van der Waals surface area contributed by atoms with Crippen LogP contribution in [0.3, 0.4) is 0 Å². The van der Waals surface area contributed by atoms with Crippen LogP contribution in [0.4, 0.5) is 0 Å². The van der Waals surface area contributed by atoms with E-state index in [1.165, 1.54) is 32.1 Å². The fraction of sp³-hybridized carbons (Fsp3) is 0.875. The summed E-state index contributed by atoms with van der Waals surface area (Å²) in [7, 11) is 0. The van der Waals surface area contributed by atoms with Crippen molar-refractivity contribution in [2.45, 2.75) is 62.7 Å². The number of rotatable bonds is 7. The van der Waals surface area contributed by atoms with Gasteiger partial charge in [0.05, 0.1) is 24.5 Å². The topological polar surface area (TPSA) is 83.8 Å². The maximum Gasteiger partial charge on any atom is 0.307 e. The SMILES string of the molecule is O=C(O)C1CCC(OCCSC2CCCCC2)CC1C(=O)O. The molecule has 3 unspecified atom stereocenters. The Morgan fingerprint density at radius 2 is 1.64 bits per heavy atom. The maximum absolute atomic E-state index is 11.2. The molecule has 3 atom stereocenters. The van der Waals surface area contributed by atoms with Gasteiger partial charge in [0.15, 0.2) is 0 Å². The number of aliphatic carboxylic acids is 2. The van der Waals surface area contributed by atoms with Gasteiger partial charge in [-0.05, 0) is 32.1 Å². The summed E-state index contributed by atoms with van der Waals surface area (Å²) in [5, 5.41) is 19.0. The van der Waals surface area contributed by atoms with Crippen LogP contribution in [-0.2, 0) is 14.3 Å². The Bertz CT molecular complexity index is 381. The van der Waals surface area contributed by atoms with Crippen LogP contribution in [0.25, 0.3) is 0 Å². The molecule has 0 aromatic heterocycles. The molecule has 0 aliphatic heterocycles. The molecule has 126 valence electrons. The van der Waals surface area contributed by atoms with Crippen LogP contribution in [0, 0.1) is 11.8 Å². The van der Waals surface area contributed by atoms with E-state index in [9.17, 15) is 14.7 Å². The van der Waals surface area contributed by atoms with Gasteiger partial charge >= 0.3 is 11.9 Å². The second-order valence-corrected chi connectivity index (χ2v) is 7.73. The molecule has 0 aromatic rings. The van der Waals surface area contributed by atoms with Gasteiger partial charge in [0, 0.05) is 11.0 Å². The van der Waals surface area contributed by atoms with E-state index in [2.05, 4.69) is 0 Å². The minimum atomic E-state index is -1.02. The predicted octanol–water partition coefficient (Wildman–Crippen LogP) is 3.02. The molecule has 0 saturated heterocycles. The smallest absolute Gasteiger partial charge is 0.307 e. The Labute approximate surface area is 135 Å². The highest BCUT2D eigenvalue weighted by molar-refractivity contribution is 7.99. The van der Waals surface area contributed by atoms with Gasteiger partial charge in [-0.3, -0.25) is 9.59 Å². The zero-order chi connectivity index (χ0) is 15.9. The first-order valence-electron chi connectivity index (χ1n) is 8.26. The summed E-state index contributed by atoms with van der Waals surface area (Å²) in [6.45, 7) is 0.635. The molecule has 2 rings (SSSR count). The van der Waals surface area contributed by atoms with Crippen molar-refractivity contribution in [2.24, 2.45) is 11.8 Å². The average Bonchev–Trinajstić information content (AvgIpc) is 2.52. The van der Waals surface area contributed by atoms with Crippen molar-refractivity contribution in [3.05, 3.63) is 0 Å². The van der Waals surface area contributed by atoms with Gasteiger partial charge in [0.25, 0.3) is 0 Å². The first-order valence-corrected chi connectivity index (χ1v) is 9.31. The summed E-state index contributed by atoms with van der Waals surface area (Å²) in [5.74, 6) is -2.66. The first-order chi connectivity index (χ1) is 10.6. The molecule has 6 heteroatoms.